The lowest BCUT2D eigenvalue weighted by molar-refractivity contribution is -0.140. The minimum absolute atomic E-state index is 0. The third kappa shape index (κ3) is 4.58. The van der Waals surface area contributed by atoms with Gasteiger partial charge in [0.1, 0.15) is 23.5 Å². The minimum Gasteiger partial charge on any atom is -0.354 e. The Labute approximate surface area is 165 Å². The molecule has 0 aliphatic rings. The summed E-state index contributed by atoms with van der Waals surface area (Å²) in [5, 5.41) is 4.56. The molecule has 3 aromatic rings. The molecule has 3 N–H and O–H groups in total. The molecular weight excluding hydrogens is 399 g/mol. The molecule has 0 fully saturated rings. The van der Waals surface area contributed by atoms with Crippen LogP contribution in [0.1, 0.15) is 18.1 Å². The molecule has 0 spiro atoms. The third-order valence-electron chi connectivity index (χ3n) is 3.93. The monoisotopic (exact) mass is 420 g/mol. The first-order valence-corrected chi connectivity index (χ1v) is 8.25. The van der Waals surface area contributed by atoms with E-state index < -0.39 is 41.6 Å². The van der Waals surface area contributed by atoms with Crippen LogP contribution in [0.5, 0.6) is 0 Å². The zero-order valence-electron chi connectivity index (χ0n) is 15.2. The molecule has 0 atom stereocenters. The lowest BCUT2D eigenvalue weighted by atomic mass is 10.0. The number of alkyl halides is 3. The minimum atomic E-state index is -4.59. The molecule has 3 heterocycles. The van der Waals surface area contributed by atoms with Crippen molar-refractivity contribution in [3.63, 3.8) is 0 Å². The standard InChI is InChI=1S/C17H15F5N6O.3H2/c1-16(2,15(29)26-7-17(20,21)22)28-14-11(19)6-25-13(27-14)10-5-24-12-9(10)3-8(18)4-23-12;;;/h3-6H,7H2,1-2H3,(H,23,24)(H,26,29)(H,25,27,28);3*1H. The van der Waals surface area contributed by atoms with E-state index >= 15 is 0 Å². The Morgan fingerprint density at radius 2 is 1.93 bits per heavy atom. The summed E-state index contributed by atoms with van der Waals surface area (Å²) in [5.41, 5.74) is -0.934. The molecule has 0 aromatic carbocycles. The number of nitrogens with one attached hydrogen (secondary N) is 3. The Morgan fingerprint density at radius 3 is 2.62 bits per heavy atom. The van der Waals surface area contributed by atoms with Crippen molar-refractivity contribution in [1.82, 2.24) is 25.3 Å². The Balaban J connectivity index is 0.00000320. The van der Waals surface area contributed by atoms with Crippen molar-refractivity contribution in [3.05, 3.63) is 36.3 Å². The van der Waals surface area contributed by atoms with Gasteiger partial charge in [-0.05, 0) is 19.9 Å². The van der Waals surface area contributed by atoms with Crippen LogP contribution in [0.25, 0.3) is 22.4 Å². The van der Waals surface area contributed by atoms with E-state index in [1.807, 2.05) is 0 Å². The molecule has 160 valence electrons. The van der Waals surface area contributed by atoms with Crippen molar-refractivity contribution < 1.29 is 31.0 Å². The first-order valence-electron chi connectivity index (χ1n) is 8.25. The molecule has 0 aliphatic carbocycles. The number of pyridine rings is 1. The molecule has 7 nitrogen and oxygen atoms in total. The number of aromatic amines is 1. The topological polar surface area (TPSA) is 95.6 Å². The van der Waals surface area contributed by atoms with Crippen LogP contribution in [0.4, 0.5) is 27.8 Å². The van der Waals surface area contributed by atoms with Gasteiger partial charge in [-0.2, -0.15) is 13.2 Å². The predicted octanol–water partition coefficient (Wildman–Crippen LogP) is 3.91. The van der Waals surface area contributed by atoms with Gasteiger partial charge in [-0.3, -0.25) is 4.79 Å². The zero-order valence-corrected chi connectivity index (χ0v) is 15.2. The van der Waals surface area contributed by atoms with Crippen LogP contribution in [0.15, 0.2) is 24.7 Å². The second-order valence-electron chi connectivity index (χ2n) is 6.69. The second-order valence-corrected chi connectivity index (χ2v) is 6.69. The van der Waals surface area contributed by atoms with E-state index in [4.69, 9.17) is 0 Å². The van der Waals surface area contributed by atoms with E-state index in [0.717, 1.165) is 12.4 Å². The van der Waals surface area contributed by atoms with Gasteiger partial charge in [0, 0.05) is 21.4 Å². The number of H-pyrrole nitrogens is 1. The van der Waals surface area contributed by atoms with Crippen molar-refractivity contribution in [3.8, 4) is 11.4 Å². The maximum atomic E-state index is 14.2. The van der Waals surface area contributed by atoms with Gasteiger partial charge in [0.05, 0.1) is 12.4 Å². The Hall–Kier alpha value is -3.31. The normalized spacial score (nSPS) is 12.2. The van der Waals surface area contributed by atoms with E-state index in [9.17, 15) is 26.7 Å². The van der Waals surface area contributed by atoms with Gasteiger partial charge < -0.3 is 15.6 Å². The first kappa shape index (κ1) is 20.4. The molecule has 0 bridgehead atoms. The van der Waals surface area contributed by atoms with Crippen LogP contribution in [0.2, 0.25) is 0 Å². The molecule has 12 heteroatoms. The van der Waals surface area contributed by atoms with Crippen LogP contribution >= 0.6 is 0 Å². The zero-order chi connectivity index (χ0) is 21.4. The number of rotatable bonds is 5. The molecule has 0 saturated carbocycles. The Kier molecular flexibility index (Phi) is 5.11. The van der Waals surface area contributed by atoms with Crippen molar-refractivity contribution in [2.75, 3.05) is 11.9 Å². The van der Waals surface area contributed by atoms with Crippen LogP contribution in [-0.2, 0) is 4.79 Å². The van der Waals surface area contributed by atoms with Crippen LogP contribution < -0.4 is 10.6 Å². The van der Waals surface area contributed by atoms with Gasteiger partial charge in [-0.1, -0.05) is 0 Å². The van der Waals surface area contributed by atoms with Crippen molar-refractivity contribution in [2.24, 2.45) is 0 Å². The quantitative estimate of drug-likeness (QED) is 0.544. The number of hydrogen-bond acceptors (Lipinski definition) is 5. The van der Waals surface area contributed by atoms with E-state index in [1.165, 1.54) is 26.1 Å². The summed E-state index contributed by atoms with van der Waals surface area (Å²) in [4.78, 5) is 26.6. The van der Waals surface area contributed by atoms with Crippen molar-refractivity contribution >= 4 is 22.8 Å². The highest BCUT2D eigenvalue weighted by atomic mass is 19.4. The van der Waals surface area contributed by atoms with E-state index in [2.05, 4.69) is 25.3 Å². The molecule has 3 rings (SSSR count). The molecular formula is C17H21F5N6O. The molecule has 0 saturated heterocycles. The molecule has 29 heavy (non-hydrogen) atoms. The third-order valence-corrected chi connectivity index (χ3v) is 3.93. The molecule has 0 unspecified atom stereocenters. The average molecular weight is 420 g/mol. The fraction of sp³-hybridized carbons (Fsp3) is 0.294. The Bertz CT molecular complexity index is 1080. The Morgan fingerprint density at radius 1 is 1.21 bits per heavy atom. The number of aromatic nitrogens is 4. The number of nitrogens with zero attached hydrogens (tertiary/aromatic N) is 3. The highest BCUT2D eigenvalue weighted by Crippen LogP contribution is 2.27. The van der Waals surface area contributed by atoms with Crippen molar-refractivity contribution in [2.45, 2.75) is 25.6 Å². The fourth-order valence-corrected chi connectivity index (χ4v) is 2.50. The maximum absolute atomic E-state index is 14.2. The van der Waals surface area contributed by atoms with E-state index in [-0.39, 0.29) is 10.1 Å². The summed E-state index contributed by atoms with van der Waals surface area (Å²) in [6, 6.07) is 1.20. The lowest BCUT2D eigenvalue weighted by Gasteiger charge is -2.26. The summed E-state index contributed by atoms with van der Waals surface area (Å²) < 4.78 is 64.6. The molecule has 0 radical (unpaired) electrons. The van der Waals surface area contributed by atoms with Gasteiger partial charge in [0.25, 0.3) is 0 Å². The van der Waals surface area contributed by atoms with E-state index in [1.54, 1.807) is 5.32 Å². The predicted molar refractivity (Wildman–Crippen MR) is 100 cm³/mol. The lowest BCUT2D eigenvalue weighted by Crippen LogP contribution is -2.50. The second kappa shape index (κ2) is 7.26. The van der Waals surface area contributed by atoms with Crippen molar-refractivity contribution in [1.29, 1.82) is 0 Å². The van der Waals surface area contributed by atoms with Gasteiger partial charge in [-0.25, -0.2) is 23.7 Å². The first-order chi connectivity index (χ1) is 13.5. The summed E-state index contributed by atoms with van der Waals surface area (Å²) in [5.74, 6) is -2.93. The summed E-state index contributed by atoms with van der Waals surface area (Å²) in [7, 11) is 0. The highest BCUT2D eigenvalue weighted by Gasteiger charge is 2.34. The number of fused-ring (bicyclic) bond motifs is 1. The molecule has 1 amide bonds. The number of carbonyl (C=O) groups is 1. The summed E-state index contributed by atoms with van der Waals surface area (Å²) in [6.07, 6.45) is -1.28. The smallest absolute Gasteiger partial charge is 0.354 e. The number of anilines is 1. The number of carbonyl (C=O) groups excluding carboxylic acids is 1. The number of amides is 1. The highest BCUT2D eigenvalue weighted by molar-refractivity contribution is 5.92. The maximum Gasteiger partial charge on any atom is 0.405 e. The molecule has 3 aromatic heterocycles. The molecule has 0 aliphatic heterocycles. The van der Waals surface area contributed by atoms with Gasteiger partial charge in [0.2, 0.25) is 5.91 Å². The van der Waals surface area contributed by atoms with Crippen LogP contribution in [-0.4, -0.2) is 44.1 Å². The number of hydrogen-bond donors (Lipinski definition) is 3. The van der Waals surface area contributed by atoms with Gasteiger partial charge in [0.15, 0.2) is 17.5 Å². The van der Waals surface area contributed by atoms with Gasteiger partial charge >= 0.3 is 6.18 Å². The number of halogens is 5. The van der Waals surface area contributed by atoms with Crippen LogP contribution in [0, 0.1) is 11.6 Å². The van der Waals surface area contributed by atoms with Gasteiger partial charge in [-0.15, -0.1) is 0 Å². The SMILES string of the molecule is CC(C)(Nc1nc(-c2c[nH]c3ncc(F)cc23)ncc1F)C(=O)NCC(F)(F)F.[HH].[HH].[HH]. The van der Waals surface area contributed by atoms with Crippen LogP contribution in [0.3, 0.4) is 0 Å². The fourth-order valence-electron chi connectivity index (χ4n) is 2.50. The average Bonchev–Trinajstić information content (AvgIpc) is 3.03. The largest absolute Gasteiger partial charge is 0.405 e. The summed E-state index contributed by atoms with van der Waals surface area (Å²) >= 11 is 0. The summed E-state index contributed by atoms with van der Waals surface area (Å²) in [6.45, 7) is 1.01. The van der Waals surface area contributed by atoms with E-state index in [0.29, 0.717) is 16.6 Å².